The first kappa shape index (κ1) is 25.1. The summed E-state index contributed by atoms with van der Waals surface area (Å²) in [6, 6.07) is 3.80. The zero-order valence-corrected chi connectivity index (χ0v) is 21.6. The summed E-state index contributed by atoms with van der Waals surface area (Å²) in [4.78, 5) is 12.1. The number of aryl methyl sites for hydroxylation is 1. The third-order valence-electron chi connectivity index (χ3n) is 5.11. The number of rotatable bonds is 7. The van der Waals surface area contributed by atoms with Gasteiger partial charge in [-0.3, -0.25) is 4.99 Å². The molecular weight excluding hydrogens is 535 g/mol. The normalized spacial score (nSPS) is 20.1. The smallest absolute Gasteiger partial charge is 0.250 e. The molecule has 0 aromatic carbocycles. The number of aromatic nitrogens is 2. The number of sulfonamides is 1. The van der Waals surface area contributed by atoms with Crippen molar-refractivity contribution in [3.8, 4) is 0 Å². The highest BCUT2D eigenvalue weighted by Gasteiger charge is 2.28. The van der Waals surface area contributed by atoms with Gasteiger partial charge in [-0.2, -0.15) is 0 Å². The van der Waals surface area contributed by atoms with Crippen molar-refractivity contribution in [3.63, 3.8) is 0 Å². The number of nitrogens with zero attached hydrogens (tertiary/aromatic N) is 4. The highest BCUT2D eigenvalue weighted by Crippen LogP contribution is 2.27. The number of thiophene rings is 1. The molecule has 2 N–H and O–H groups in total. The average Bonchev–Trinajstić information content (AvgIpc) is 3.37. The van der Waals surface area contributed by atoms with E-state index in [0.29, 0.717) is 22.7 Å². The molecule has 30 heavy (non-hydrogen) atoms. The Kier molecular flexibility index (Phi) is 9.57. The number of halogens is 1. The second-order valence-electron chi connectivity index (χ2n) is 7.29. The van der Waals surface area contributed by atoms with Gasteiger partial charge in [-0.15, -0.1) is 35.3 Å². The van der Waals surface area contributed by atoms with Crippen LogP contribution in [0.1, 0.15) is 31.2 Å². The SMILES string of the molecule is CCNC(=NCCNS(=O)(=O)c1ccc(C)s1)N1CCC(C)C(n2ccnc2)C1.I. The molecule has 0 amide bonds. The molecule has 0 radical (unpaired) electrons. The van der Waals surface area contributed by atoms with Crippen LogP contribution in [0.4, 0.5) is 0 Å². The summed E-state index contributed by atoms with van der Waals surface area (Å²) in [7, 11) is -3.47. The van der Waals surface area contributed by atoms with Crippen molar-refractivity contribution in [2.24, 2.45) is 10.9 Å². The number of nitrogens with one attached hydrogen (secondary N) is 2. The van der Waals surface area contributed by atoms with Gasteiger partial charge in [0.25, 0.3) is 0 Å². The summed E-state index contributed by atoms with van der Waals surface area (Å²) in [5.74, 6) is 1.39. The van der Waals surface area contributed by atoms with Crippen LogP contribution in [0, 0.1) is 12.8 Å². The van der Waals surface area contributed by atoms with Crippen LogP contribution in [0.3, 0.4) is 0 Å². The lowest BCUT2D eigenvalue weighted by atomic mass is 9.93. The first-order chi connectivity index (χ1) is 13.9. The molecule has 1 aliphatic heterocycles. The summed E-state index contributed by atoms with van der Waals surface area (Å²) >= 11 is 1.27. The van der Waals surface area contributed by atoms with E-state index in [0.717, 1.165) is 36.9 Å². The number of imidazole rings is 1. The van der Waals surface area contributed by atoms with Gasteiger partial charge < -0.3 is 14.8 Å². The Labute approximate surface area is 200 Å². The maximum atomic E-state index is 12.3. The Bertz CT molecular complexity index is 913. The van der Waals surface area contributed by atoms with E-state index in [-0.39, 0.29) is 30.5 Å². The zero-order chi connectivity index (χ0) is 20.9. The largest absolute Gasteiger partial charge is 0.357 e. The van der Waals surface area contributed by atoms with Gasteiger partial charge in [0.2, 0.25) is 10.0 Å². The molecule has 3 rings (SSSR count). The van der Waals surface area contributed by atoms with Crippen LogP contribution < -0.4 is 10.0 Å². The van der Waals surface area contributed by atoms with Crippen molar-refractivity contribution < 1.29 is 8.42 Å². The summed E-state index contributed by atoms with van der Waals surface area (Å²) in [6.45, 7) is 9.40. The number of guanidine groups is 1. The van der Waals surface area contributed by atoms with Gasteiger partial charge >= 0.3 is 0 Å². The molecule has 2 atom stereocenters. The van der Waals surface area contributed by atoms with Crippen LogP contribution in [-0.4, -0.2) is 61.6 Å². The molecule has 1 saturated heterocycles. The van der Waals surface area contributed by atoms with Crippen molar-refractivity contribution in [1.82, 2.24) is 24.5 Å². The fourth-order valence-electron chi connectivity index (χ4n) is 3.49. The van der Waals surface area contributed by atoms with E-state index in [2.05, 4.69) is 36.4 Å². The summed E-state index contributed by atoms with van der Waals surface area (Å²) in [5, 5.41) is 3.34. The lowest BCUT2D eigenvalue weighted by Crippen LogP contribution is -2.49. The molecule has 0 spiro atoms. The van der Waals surface area contributed by atoms with Gasteiger partial charge in [0.1, 0.15) is 4.21 Å². The van der Waals surface area contributed by atoms with Crippen LogP contribution in [0.2, 0.25) is 0 Å². The number of hydrogen-bond donors (Lipinski definition) is 2. The molecule has 168 valence electrons. The summed E-state index contributed by atoms with van der Waals surface area (Å²) < 4.78 is 29.8. The van der Waals surface area contributed by atoms with Crippen LogP contribution >= 0.6 is 35.3 Å². The van der Waals surface area contributed by atoms with Gasteiger partial charge in [0, 0.05) is 43.4 Å². The monoisotopic (exact) mass is 566 g/mol. The number of aliphatic imine (C=N–C) groups is 1. The molecule has 1 fully saturated rings. The van der Waals surface area contributed by atoms with E-state index in [4.69, 9.17) is 0 Å². The van der Waals surface area contributed by atoms with E-state index < -0.39 is 10.0 Å². The molecule has 2 unspecified atom stereocenters. The maximum absolute atomic E-state index is 12.3. The first-order valence-electron chi connectivity index (χ1n) is 9.97. The van der Waals surface area contributed by atoms with Gasteiger partial charge in [0.05, 0.1) is 18.9 Å². The van der Waals surface area contributed by atoms with Crippen LogP contribution in [0.25, 0.3) is 0 Å². The van der Waals surface area contributed by atoms with Crippen molar-refractivity contribution in [1.29, 1.82) is 0 Å². The van der Waals surface area contributed by atoms with Crippen molar-refractivity contribution in [3.05, 3.63) is 35.7 Å². The average molecular weight is 567 g/mol. The predicted molar refractivity (Wildman–Crippen MR) is 132 cm³/mol. The Morgan fingerprint density at radius 1 is 1.40 bits per heavy atom. The molecular formula is C19H31IN6O2S2. The molecule has 1 aliphatic rings. The third-order valence-corrected chi connectivity index (χ3v) is 8.06. The maximum Gasteiger partial charge on any atom is 0.250 e. The van der Waals surface area contributed by atoms with Gasteiger partial charge in [-0.1, -0.05) is 6.92 Å². The van der Waals surface area contributed by atoms with E-state index in [1.165, 1.54) is 11.3 Å². The summed E-state index contributed by atoms with van der Waals surface area (Å²) in [6.07, 6.45) is 6.76. The first-order valence-corrected chi connectivity index (χ1v) is 12.3. The van der Waals surface area contributed by atoms with E-state index in [1.54, 1.807) is 6.07 Å². The van der Waals surface area contributed by atoms with Gasteiger partial charge in [0.15, 0.2) is 5.96 Å². The van der Waals surface area contributed by atoms with Crippen LogP contribution in [0.5, 0.6) is 0 Å². The fourth-order valence-corrected chi connectivity index (χ4v) is 5.84. The highest BCUT2D eigenvalue weighted by molar-refractivity contribution is 14.0. The van der Waals surface area contributed by atoms with Crippen molar-refractivity contribution >= 4 is 51.3 Å². The minimum Gasteiger partial charge on any atom is -0.357 e. The standard InChI is InChI=1S/C19H30N6O2S2.HI/c1-4-21-19(22-8-9-23-29(26,27)18-6-5-16(3)28-18)24-11-7-15(2)17(13-24)25-12-10-20-14-25;/h5-6,10,12,14-15,17,23H,4,7-9,11,13H2,1-3H3,(H,21,22);1H. The minimum atomic E-state index is -3.47. The molecule has 8 nitrogen and oxygen atoms in total. The third kappa shape index (κ3) is 6.41. The van der Waals surface area contributed by atoms with Crippen molar-refractivity contribution in [2.75, 3.05) is 32.7 Å². The second-order valence-corrected chi connectivity index (χ2v) is 10.6. The minimum absolute atomic E-state index is 0. The van der Waals surface area contributed by atoms with E-state index in [1.807, 2.05) is 38.6 Å². The lowest BCUT2D eigenvalue weighted by Gasteiger charge is -2.39. The Morgan fingerprint density at radius 3 is 2.83 bits per heavy atom. The lowest BCUT2D eigenvalue weighted by molar-refractivity contribution is 0.189. The number of hydrogen-bond acceptors (Lipinski definition) is 5. The Morgan fingerprint density at radius 2 is 2.20 bits per heavy atom. The molecule has 0 saturated carbocycles. The fraction of sp³-hybridized carbons (Fsp3) is 0.579. The molecule has 2 aromatic rings. The zero-order valence-electron chi connectivity index (χ0n) is 17.6. The molecule has 2 aromatic heterocycles. The van der Waals surface area contributed by atoms with Crippen molar-refractivity contribution in [2.45, 2.75) is 37.4 Å². The topological polar surface area (TPSA) is 91.6 Å². The van der Waals surface area contributed by atoms with Gasteiger partial charge in [-0.05, 0) is 38.3 Å². The molecule has 0 bridgehead atoms. The van der Waals surface area contributed by atoms with Crippen LogP contribution in [0.15, 0.2) is 40.1 Å². The Balaban J connectivity index is 0.00000320. The number of piperidine rings is 1. The van der Waals surface area contributed by atoms with E-state index in [9.17, 15) is 8.42 Å². The van der Waals surface area contributed by atoms with Gasteiger partial charge in [-0.25, -0.2) is 18.1 Å². The molecule has 11 heteroatoms. The highest BCUT2D eigenvalue weighted by atomic mass is 127. The van der Waals surface area contributed by atoms with E-state index >= 15 is 0 Å². The molecule has 0 aliphatic carbocycles. The molecule has 3 heterocycles. The van der Waals surface area contributed by atoms with Crippen LogP contribution in [-0.2, 0) is 10.0 Å². The number of likely N-dealkylation sites (tertiary alicyclic amines) is 1. The Hall–Kier alpha value is -1.18. The predicted octanol–water partition coefficient (Wildman–Crippen LogP) is 2.70. The summed E-state index contributed by atoms with van der Waals surface area (Å²) in [5.41, 5.74) is 0. The second kappa shape index (κ2) is 11.4. The quantitative estimate of drug-likeness (QED) is 0.233.